The molecule has 0 heterocycles. The fourth-order valence-corrected chi connectivity index (χ4v) is 1.01. The zero-order chi connectivity index (χ0) is 11.4. The Balaban J connectivity index is 3.83. The number of hydrogen-bond acceptors (Lipinski definition) is 2. The predicted molar refractivity (Wildman–Crippen MR) is 59.6 cm³/mol. The highest BCUT2D eigenvalue weighted by Crippen LogP contribution is 2.18. The smallest absolute Gasteiger partial charge is 0.311 e. The summed E-state index contributed by atoms with van der Waals surface area (Å²) >= 11 is 5.81. The molecule has 2 atom stereocenters. The lowest BCUT2D eigenvalue weighted by molar-refractivity contribution is -0.158. The van der Waals surface area contributed by atoms with E-state index in [4.69, 9.17) is 16.3 Å². The van der Waals surface area contributed by atoms with Crippen LogP contribution in [0, 0.1) is 5.41 Å². The van der Waals surface area contributed by atoms with Crippen molar-refractivity contribution in [2.75, 3.05) is 0 Å². The van der Waals surface area contributed by atoms with E-state index in [2.05, 4.69) is 0 Å². The Labute approximate surface area is 92.0 Å². The maximum atomic E-state index is 11.5. The maximum Gasteiger partial charge on any atom is 0.311 e. The highest BCUT2D eigenvalue weighted by atomic mass is 35.5. The molecule has 0 rings (SSSR count). The average Bonchev–Trinajstić information content (AvgIpc) is 1.99. The van der Waals surface area contributed by atoms with Gasteiger partial charge in [-0.05, 0) is 47.5 Å². The topological polar surface area (TPSA) is 26.3 Å². The molecule has 0 radical (unpaired) electrons. The number of carbonyl (C=O) groups is 1. The molecule has 0 amide bonds. The molecule has 0 spiro atoms. The van der Waals surface area contributed by atoms with Crippen LogP contribution < -0.4 is 0 Å². The number of esters is 1. The van der Waals surface area contributed by atoms with E-state index in [0.29, 0.717) is 0 Å². The lowest BCUT2D eigenvalue weighted by atomic mass is 9.97. The first kappa shape index (κ1) is 13.8. The van der Waals surface area contributed by atoms with Crippen molar-refractivity contribution < 1.29 is 9.53 Å². The average molecular weight is 221 g/mol. The Morgan fingerprint density at radius 1 is 1.29 bits per heavy atom. The monoisotopic (exact) mass is 220 g/mol. The van der Waals surface area contributed by atoms with Gasteiger partial charge in [0.05, 0.1) is 11.5 Å². The van der Waals surface area contributed by atoms with E-state index >= 15 is 0 Å². The predicted octanol–water partition coefficient (Wildman–Crippen LogP) is 3.37. The first-order chi connectivity index (χ1) is 6.23. The van der Waals surface area contributed by atoms with E-state index in [1.54, 1.807) is 0 Å². The largest absolute Gasteiger partial charge is 0.462 e. The van der Waals surface area contributed by atoms with Crippen LogP contribution in [0.3, 0.4) is 0 Å². The molecule has 0 aliphatic rings. The molecule has 0 fully saturated rings. The molecule has 3 heteroatoms. The van der Waals surface area contributed by atoms with Gasteiger partial charge >= 0.3 is 5.97 Å². The SMILES string of the molecule is C[C@H](Cl)CC[C@H](C)OC(=O)C(C)(C)C. The summed E-state index contributed by atoms with van der Waals surface area (Å²) in [5.41, 5.74) is -0.416. The molecular weight excluding hydrogens is 200 g/mol. The van der Waals surface area contributed by atoms with Crippen LogP contribution in [0.25, 0.3) is 0 Å². The fraction of sp³-hybridized carbons (Fsp3) is 0.909. The third-order valence-corrected chi connectivity index (χ3v) is 2.11. The molecule has 0 aromatic carbocycles. The van der Waals surface area contributed by atoms with Crippen molar-refractivity contribution in [3.63, 3.8) is 0 Å². The number of hydrogen-bond donors (Lipinski definition) is 0. The van der Waals surface area contributed by atoms with Crippen LogP contribution in [-0.4, -0.2) is 17.5 Å². The van der Waals surface area contributed by atoms with Gasteiger partial charge < -0.3 is 4.74 Å². The molecule has 0 saturated heterocycles. The summed E-state index contributed by atoms with van der Waals surface area (Å²) in [5, 5.41) is 0.144. The Kier molecular flexibility index (Phi) is 5.50. The summed E-state index contributed by atoms with van der Waals surface area (Å²) in [6.45, 7) is 9.41. The molecule has 14 heavy (non-hydrogen) atoms. The second-order valence-corrected chi connectivity index (χ2v) is 5.57. The van der Waals surface area contributed by atoms with Crippen molar-refractivity contribution in [2.24, 2.45) is 5.41 Å². The summed E-state index contributed by atoms with van der Waals surface area (Å²) in [6, 6.07) is 0. The Morgan fingerprint density at radius 2 is 1.79 bits per heavy atom. The number of alkyl halides is 1. The zero-order valence-corrected chi connectivity index (χ0v) is 10.5. The Bertz CT molecular complexity index is 182. The summed E-state index contributed by atoms with van der Waals surface area (Å²) in [4.78, 5) is 11.5. The molecule has 0 aromatic rings. The number of carbonyl (C=O) groups excluding carboxylic acids is 1. The van der Waals surface area contributed by atoms with Crippen LogP contribution in [0.4, 0.5) is 0 Å². The minimum atomic E-state index is -0.416. The molecule has 0 N–H and O–H groups in total. The molecule has 0 bridgehead atoms. The van der Waals surface area contributed by atoms with Gasteiger partial charge in [0.2, 0.25) is 0 Å². The quantitative estimate of drug-likeness (QED) is 0.537. The molecule has 0 aromatic heterocycles. The van der Waals surface area contributed by atoms with Crippen molar-refractivity contribution >= 4 is 17.6 Å². The number of rotatable bonds is 4. The normalized spacial score (nSPS) is 16.1. The summed E-state index contributed by atoms with van der Waals surface area (Å²) in [5.74, 6) is -0.146. The van der Waals surface area contributed by atoms with Crippen LogP contribution >= 0.6 is 11.6 Å². The highest BCUT2D eigenvalue weighted by molar-refractivity contribution is 6.20. The third-order valence-electron chi connectivity index (χ3n) is 1.89. The highest BCUT2D eigenvalue weighted by Gasteiger charge is 2.24. The van der Waals surface area contributed by atoms with Gasteiger partial charge in [-0.3, -0.25) is 4.79 Å². The minimum Gasteiger partial charge on any atom is -0.462 e. The third kappa shape index (κ3) is 6.25. The molecule has 0 saturated carbocycles. The van der Waals surface area contributed by atoms with E-state index in [1.165, 1.54) is 0 Å². The number of halogens is 1. The second-order valence-electron chi connectivity index (χ2n) is 4.82. The van der Waals surface area contributed by atoms with Crippen molar-refractivity contribution in [1.29, 1.82) is 0 Å². The van der Waals surface area contributed by atoms with Crippen molar-refractivity contribution in [3.8, 4) is 0 Å². The molecule has 0 unspecified atom stereocenters. The van der Waals surface area contributed by atoms with Crippen molar-refractivity contribution in [2.45, 2.75) is 58.9 Å². The first-order valence-corrected chi connectivity index (χ1v) is 5.52. The van der Waals surface area contributed by atoms with Gasteiger partial charge in [0.1, 0.15) is 0 Å². The van der Waals surface area contributed by atoms with E-state index < -0.39 is 5.41 Å². The van der Waals surface area contributed by atoms with E-state index in [1.807, 2.05) is 34.6 Å². The van der Waals surface area contributed by atoms with Gasteiger partial charge in [0.25, 0.3) is 0 Å². The van der Waals surface area contributed by atoms with Gasteiger partial charge in [-0.1, -0.05) is 0 Å². The van der Waals surface area contributed by atoms with Crippen LogP contribution in [0.2, 0.25) is 0 Å². The molecule has 84 valence electrons. The fourth-order valence-electron chi connectivity index (χ4n) is 0.883. The summed E-state index contributed by atoms with van der Waals surface area (Å²) in [6.07, 6.45) is 1.66. The molecule has 0 aliphatic heterocycles. The molecule has 2 nitrogen and oxygen atoms in total. The summed E-state index contributed by atoms with van der Waals surface area (Å²) < 4.78 is 5.27. The number of ether oxygens (including phenoxy) is 1. The van der Waals surface area contributed by atoms with Crippen LogP contribution in [0.1, 0.15) is 47.5 Å². The van der Waals surface area contributed by atoms with E-state index in [9.17, 15) is 4.79 Å². The van der Waals surface area contributed by atoms with Crippen LogP contribution in [-0.2, 0) is 9.53 Å². The molecular formula is C11H21ClO2. The van der Waals surface area contributed by atoms with E-state index in [-0.39, 0.29) is 17.5 Å². The lowest BCUT2D eigenvalue weighted by Gasteiger charge is -2.21. The first-order valence-electron chi connectivity index (χ1n) is 5.08. The van der Waals surface area contributed by atoms with Gasteiger partial charge in [-0.15, -0.1) is 11.6 Å². The second kappa shape index (κ2) is 5.59. The van der Waals surface area contributed by atoms with Crippen LogP contribution in [0.15, 0.2) is 0 Å². The zero-order valence-electron chi connectivity index (χ0n) is 9.76. The van der Waals surface area contributed by atoms with E-state index in [0.717, 1.165) is 12.8 Å². The standard InChI is InChI=1S/C11H21ClO2/c1-8(12)6-7-9(2)14-10(13)11(3,4)5/h8-9H,6-7H2,1-5H3/t8-,9-/m0/s1. The van der Waals surface area contributed by atoms with Crippen molar-refractivity contribution in [3.05, 3.63) is 0 Å². The van der Waals surface area contributed by atoms with Crippen molar-refractivity contribution in [1.82, 2.24) is 0 Å². The lowest BCUT2D eigenvalue weighted by Crippen LogP contribution is -2.27. The van der Waals surface area contributed by atoms with Gasteiger partial charge in [0, 0.05) is 5.38 Å². The molecule has 0 aliphatic carbocycles. The Morgan fingerprint density at radius 3 is 2.14 bits per heavy atom. The minimum absolute atomic E-state index is 0.0390. The maximum absolute atomic E-state index is 11.5. The van der Waals surface area contributed by atoms with Gasteiger partial charge in [0.15, 0.2) is 0 Å². The van der Waals surface area contributed by atoms with Crippen LogP contribution in [0.5, 0.6) is 0 Å². The van der Waals surface area contributed by atoms with Gasteiger partial charge in [-0.2, -0.15) is 0 Å². The summed E-state index contributed by atoms with van der Waals surface area (Å²) in [7, 11) is 0. The van der Waals surface area contributed by atoms with Gasteiger partial charge in [-0.25, -0.2) is 0 Å². The Hall–Kier alpha value is -0.240.